The van der Waals surface area contributed by atoms with Crippen LogP contribution in [-0.2, 0) is 17.8 Å². The molecule has 0 saturated heterocycles. The summed E-state index contributed by atoms with van der Waals surface area (Å²) >= 11 is 0. The van der Waals surface area contributed by atoms with Gasteiger partial charge in [-0.05, 0) is 42.7 Å². The Hall–Kier alpha value is -2.53. The smallest absolute Gasteiger partial charge is 0.231 e. The predicted octanol–water partition coefficient (Wildman–Crippen LogP) is 2.87. The number of anilines is 1. The molecule has 0 spiro atoms. The van der Waals surface area contributed by atoms with Crippen LogP contribution >= 0.6 is 0 Å². The number of carbonyl (C=O) groups excluding carboxylic acids is 1. The molecule has 0 radical (unpaired) electrons. The second-order valence-corrected chi connectivity index (χ2v) is 6.56. The summed E-state index contributed by atoms with van der Waals surface area (Å²) in [6, 6.07) is 14.3. The van der Waals surface area contributed by atoms with Crippen LogP contribution in [0.3, 0.4) is 0 Å². The van der Waals surface area contributed by atoms with Crippen LogP contribution in [0.1, 0.15) is 24.5 Å². The molecule has 2 aromatic rings. The zero-order chi connectivity index (χ0) is 17.2. The summed E-state index contributed by atoms with van der Waals surface area (Å²) in [5.41, 5.74) is 3.45. The summed E-state index contributed by atoms with van der Waals surface area (Å²) in [5.74, 6) is 1.76. The van der Waals surface area contributed by atoms with Crippen LogP contribution in [0, 0.1) is 0 Å². The van der Waals surface area contributed by atoms with Crippen molar-refractivity contribution in [1.29, 1.82) is 0 Å². The van der Waals surface area contributed by atoms with E-state index >= 15 is 0 Å². The van der Waals surface area contributed by atoms with Crippen LogP contribution in [0.2, 0.25) is 0 Å². The van der Waals surface area contributed by atoms with Crippen molar-refractivity contribution >= 4 is 11.6 Å². The van der Waals surface area contributed by atoms with Gasteiger partial charge in [-0.25, -0.2) is 0 Å². The number of nitrogens with one attached hydrogen (secondary N) is 1. The second-order valence-electron chi connectivity index (χ2n) is 6.56. The molecule has 130 valence electrons. The van der Waals surface area contributed by atoms with Crippen LogP contribution < -0.4 is 19.7 Å². The number of benzene rings is 2. The summed E-state index contributed by atoms with van der Waals surface area (Å²) < 4.78 is 10.7. The lowest BCUT2D eigenvalue weighted by molar-refractivity contribution is -0.118. The van der Waals surface area contributed by atoms with E-state index in [-0.39, 0.29) is 18.7 Å². The highest BCUT2D eigenvalue weighted by atomic mass is 16.7. The standard InChI is InChI=1S/C20H22N2O3/c1-14-10-16-4-2-3-5-17(16)22(14)20(23)8-9-21-12-15-6-7-18-19(11-15)25-13-24-18/h2-7,11,14,21H,8-10,12-13H2,1H3. The van der Waals surface area contributed by atoms with E-state index in [4.69, 9.17) is 9.47 Å². The van der Waals surface area contributed by atoms with Crippen molar-refractivity contribution in [1.82, 2.24) is 5.32 Å². The maximum Gasteiger partial charge on any atom is 0.231 e. The van der Waals surface area contributed by atoms with E-state index < -0.39 is 0 Å². The molecule has 5 nitrogen and oxygen atoms in total. The minimum absolute atomic E-state index is 0.177. The third-order valence-corrected chi connectivity index (χ3v) is 4.76. The molecule has 1 unspecified atom stereocenters. The van der Waals surface area contributed by atoms with E-state index in [2.05, 4.69) is 18.3 Å². The summed E-state index contributed by atoms with van der Waals surface area (Å²) in [5, 5.41) is 3.34. The third kappa shape index (κ3) is 3.20. The summed E-state index contributed by atoms with van der Waals surface area (Å²) in [7, 11) is 0. The van der Waals surface area contributed by atoms with Gasteiger partial charge in [0, 0.05) is 31.2 Å². The molecule has 2 aromatic carbocycles. The molecular weight excluding hydrogens is 316 g/mol. The Labute approximate surface area is 147 Å². The first-order valence-electron chi connectivity index (χ1n) is 8.71. The minimum Gasteiger partial charge on any atom is -0.454 e. The van der Waals surface area contributed by atoms with Crippen molar-refractivity contribution in [3.05, 3.63) is 53.6 Å². The molecule has 2 aliphatic rings. The van der Waals surface area contributed by atoms with Gasteiger partial charge in [0.25, 0.3) is 0 Å². The van der Waals surface area contributed by atoms with Crippen molar-refractivity contribution < 1.29 is 14.3 Å². The molecule has 5 heteroatoms. The fourth-order valence-corrected chi connectivity index (χ4v) is 3.55. The number of hydrogen-bond acceptors (Lipinski definition) is 4. The summed E-state index contributed by atoms with van der Waals surface area (Å²) in [6.07, 6.45) is 1.43. The van der Waals surface area contributed by atoms with E-state index in [1.807, 2.05) is 41.3 Å². The van der Waals surface area contributed by atoms with E-state index in [1.54, 1.807) is 0 Å². The van der Waals surface area contributed by atoms with E-state index in [0.717, 1.165) is 29.2 Å². The molecule has 0 saturated carbocycles. The largest absolute Gasteiger partial charge is 0.454 e. The molecule has 0 bridgehead atoms. The number of rotatable bonds is 5. The highest BCUT2D eigenvalue weighted by Gasteiger charge is 2.29. The molecule has 4 rings (SSSR count). The number of ether oxygens (including phenoxy) is 2. The molecule has 1 atom stereocenters. The van der Waals surface area contributed by atoms with Gasteiger partial charge in [0.2, 0.25) is 12.7 Å². The van der Waals surface area contributed by atoms with Crippen molar-refractivity contribution in [3.8, 4) is 11.5 Å². The number of hydrogen-bond donors (Lipinski definition) is 1. The zero-order valence-corrected chi connectivity index (χ0v) is 14.3. The molecule has 0 fully saturated rings. The minimum atomic E-state index is 0.177. The van der Waals surface area contributed by atoms with Crippen molar-refractivity contribution in [2.75, 3.05) is 18.2 Å². The monoisotopic (exact) mass is 338 g/mol. The third-order valence-electron chi connectivity index (χ3n) is 4.76. The van der Waals surface area contributed by atoms with Gasteiger partial charge in [0.05, 0.1) is 0 Å². The van der Waals surface area contributed by atoms with Crippen LogP contribution in [0.5, 0.6) is 11.5 Å². The lowest BCUT2D eigenvalue weighted by Gasteiger charge is -2.22. The highest BCUT2D eigenvalue weighted by molar-refractivity contribution is 5.96. The molecule has 0 aromatic heterocycles. The molecule has 2 heterocycles. The Morgan fingerprint density at radius 3 is 2.96 bits per heavy atom. The first-order chi connectivity index (χ1) is 12.2. The van der Waals surface area contributed by atoms with Crippen LogP contribution in [0.15, 0.2) is 42.5 Å². The molecule has 1 N–H and O–H groups in total. The van der Waals surface area contributed by atoms with E-state index in [0.29, 0.717) is 19.5 Å². The maximum absolute atomic E-state index is 12.6. The first kappa shape index (κ1) is 16.0. The lowest BCUT2D eigenvalue weighted by Crippen LogP contribution is -2.37. The first-order valence-corrected chi connectivity index (χ1v) is 8.71. The Kier molecular flexibility index (Phi) is 4.32. The summed E-state index contributed by atoms with van der Waals surface area (Å²) in [4.78, 5) is 14.6. The number of nitrogens with zero attached hydrogens (tertiary/aromatic N) is 1. The van der Waals surface area contributed by atoms with Crippen LogP contribution in [0.25, 0.3) is 0 Å². The average molecular weight is 338 g/mol. The fraction of sp³-hybridized carbons (Fsp3) is 0.350. The SMILES string of the molecule is CC1Cc2ccccc2N1C(=O)CCNCc1ccc2c(c1)OCO2. The Morgan fingerprint density at radius 1 is 1.20 bits per heavy atom. The molecule has 25 heavy (non-hydrogen) atoms. The topological polar surface area (TPSA) is 50.8 Å². The van der Waals surface area contributed by atoms with Gasteiger partial charge < -0.3 is 19.7 Å². The van der Waals surface area contributed by atoms with Gasteiger partial charge in [-0.3, -0.25) is 4.79 Å². The average Bonchev–Trinajstić information content (AvgIpc) is 3.21. The van der Waals surface area contributed by atoms with Gasteiger partial charge >= 0.3 is 0 Å². The van der Waals surface area contributed by atoms with E-state index in [9.17, 15) is 4.79 Å². The van der Waals surface area contributed by atoms with Gasteiger partial charge in [0.1, 0.15) is 0 Å². The quantitative estimate of drug-likeness (QED) is 0.852. The van der Waals surface area contributed by atoms with Crippen LogP contribution in [-0.4, -0.2) is 25.3 Å². The van der Waals surface area contributed by atoms with Gasteiger partial charge in [-0.15, -0.1) is 0 Å². The molecule has 0 aliphatic carbocycles. The highest BCUT2D eigenvalue weighted by Crippen LogP contribution is 2.33. The Bertz CT molecular complexity index is 790. The Morgan fingerprint density at radius 2 is 2.04 bits per heavy atom. The number of amides is 1. The van der Waals surface area contributed by atoms with Crippen molar-refractivity contribution in [2.24, 2.45) is 0 Å². The number of fused-ring (bicyclic) bond motifs is 2. The molecular formula is C20H22N2O3. The van der Waals surface area contributed by atoms with Gasteiger partial charge in [0.15, 0.2) is 11.5 Å². The van der Waals surface area contributed by atoms with Crippen LogP contribution in [0.4, 0.5) is 5.69 Å². The molecule has 2 aliphatic heterocycles. The van der Waals surface area contributed by atoms with Crippen molar-refractivity contribution in [2.45, 2.75) is 32.4 Å². The normalized spacial score (nSPS) is 17.6. The fourth-order valence-electron chi connectivity index (χ4n) is 3.55. The second kappa shape index (κ2) is 6.76. The van der Waals surface area contributed by atoms with Crippen molar-refractivity contribution in [3.63, 3.8) is 0 Å². The van der Waals surface area contributed by atoms with Gasteiger partial charge in [-0.1, -0.05) is 24.3 Å². The Balaban J connectivity index is 1.29. The zero-order valence-electron chi connectivity index (χ0n) is 14.3. The predicted molar refractivity (Wildman–Crippen MR) is 96.0 cm³/mol. The van der Waals surface area contributed by atoms with E-state index in [1.165, 1.54) is 5.56 Å². The molecule has 1 amide bonds. The lowest BCUT2D eigenvalue weighted by atomic mass is 10.1. The maximum atomic E-state index is 12.6. The number of para-hydroxylation sites is 1. The van der Waals surface area contributed by atoms with Gasteiger partial charge in [-0.2, -0.15) is 0 Å². The summed E-state index contributed by atoms with van der Waals surface area (Å²) in [6.45, 7) is 3.75. The number of carbonyl (C=O) groups is 1.